The van der Waals surface area contributed by atoms with Gasteiger partial charge in [0.2, 0.25) is 17.6 Å². The number of rotatable bonds is 8. The Bertz CT molecular complexity index is 1100. The van der Waals surface area contributed by atoms with E-state index in [1.807, 2.05) is 66.4 Å². The Labute approximate surface area is 178 Å². The monoisotopic (exact) mass is 421 g/mol. The quantitative estimate of drug-likeness (QED) is 0.453. The molecule has 154 valence electrons. The summed E-state index contributed by atoms with van der Waals surface area (Å²) in [5.41, 5.74) is 2.11. The van der Waals surface area contributed by atoms with E-state index in [-0.39, 0.29) is 11.9 Å². The summed E-state index contributed by atoms with van der Waals surface area (Å²) in [7, 11) is 0. The van der Waals surface area contributed by atoms with Gasteiger partial charge in [0.05, 0.1) is 10.9 Å². The van der Waals surface area contributed by atoms with Crippen LogP contribution in [0.2, 0.25) is 0 Å². The second-order valence-corrected chi connectivity index (χ2v) is 8.02. The summed E-state index contributed by atoms with van der Waals surface area (Å²) in [5, 5.41) is 9.02. The molecule has 0 saturated heterocycles. The van der Waals surface area contributed by atoms with Crippen LogP contribution in [0.1, 0.15) is 43.1 Å². The lowest BCUT2D eigenvalue weighted by Crippen LogP contribution is -2.26. The Hall–Kier alpha value is -3.26. The first-order chi connectivity index (χ1) is 14.6. The molecule has 1 atom stereocenters. The molecule has 0 aliphatic carbocycles. The van der Waals surface area contributed by atoms with Gasteiger partial charge in [0.25, 0.3) is 0 Å². The average Bonchev–Trinajstić information content (AvgIpc) is 3.50. The summed E-state index contributed by atoms with van der Waals surface area (Å²) in [6, 6.07) is 12.0. The van der Waals surface area contributed by atoms with Crippen molar-refractivity contribution in [1.82, 2.24) is 25.0 Å². The van der Waals surface area contributed by atoms with E-state index in [0.29, 0.717) is 31.0 Å². The van der Waals surface area contributed by atoms with Crippen LogP contribution in [-0.2, 0) is 11.2 Å². The van der Waals surface area contributed by atoms with Crippen LogP contribution in [0.3, 0.4) is 0 Å². The number of aromatic nitrogens is 4. The maximum atomic E-state index is 12.3. The number of carbonyl (C=O) groups excluding carboxylic acids is 1. The van der Waals surface area contributed by atoms with Crippen LogP contribution < -0.4 is 5.32 Å². The molecule has 3 aromatic heterocycles. The Morgan fingerprint density at radius 2 is 2.10 bits per heavy atom. The molecule has 0 bridgehead atoms. The number of amides is 1. The van der Waals surface area contributed by atoms with Crippen LogP contribution in [0.4, 0.5) is 0 Å². The third-order valence-electron chi connectivity index (χ3n) is 4.88. The van der Waals surface area contributed by atoms with E-state index < -0.39 is 0 Å². The van der Waals surface area contributed by atoms with E-state index >= 15 is 0 Å². The largest absolute Gasteiger partial charge is 0.350 e. The van der Waals surface area contributed by atoms with E-state index in [1.54, 1.807) is 17.5 Å². The van der Waals surface area contributed by atoms with E-state index in [0.717, 1.165) is 22.0 Å². The third-order valence-corrected chi connectivity index (χ3v) is 5.74. The molecule has 0 spiro atoms. The number of thiophene rings is 1. The zero-order chi connectivity index (χ0) is 20.9. The third kappa shape index (κ3) is 4.65. The van der Waals surface area contributed by atoms with Gasteiger partial charge in [-0.3, -0.25) is 4.79 Å². The van der Waals surface area contributed by atoms with Crippen molar-refractivity contribution in [2.75, 3.05) is 0 Å². The molecule has 0 fully saturated rings. The van der Waals surface area contributed by atoms with Gasteiger partial charge in [0, 0.05) is 30.9 Å². The summed E-state index contributed by atoms with van der Waals surface area (Å²) < 4.78 is 7.30. The molecule has 30 heavy (non-hydrogen) atoms. The van der Waals surface area contributed by atoms with E-state index in [1.165, 1.54) is 0 Å². The first kappa shape index (κ1) is 20.0. The Kier molecular flexibility index (Phi) is 6.04. The maximum absolute atomic E-state index is 12.3. The minimum atomic E-state index is -0.0655. The predicted molar refractivity (Wildman–Crippen MR) is 115 cm³/mol. The van der Waals surface area contributed by atoms with E-state index in [9.17, 15) is 4.79 Å². The summed E-state index contributed by atoms with van der Waals surface area (Å²) in [6.07, 6.45) is 5.36. The van der Waals surface area contributed by atoms with E-state index in [2.05, 4.69) is 20.4 Å². The number of nitrogens with one attached hydrogen (secondary N) is 1. The lowest BCUT2D eigenvalue weighted by atomic mass is 10.1. The number of nitrogens with zero attached hydrogens (tertiary/aromatic N) is 4. The number of hydrogen-bond acceptors (Lipinski definition) is 6. The van der Waals surface area contributed by atoms with Crippen molar-refractivity contribution in [1.29, 1.82) is 0 Å². The van der Waals surface area contributed by atoms with Crippen molar-refractivity contribution in [3.05, 3.63) is 71.5 Å². The highest BCUT2D eigenvalue weighted by Crippen LogP contribution is 2.22. The molecule has 1 aromatic carbocycles. The fourth-order valence-corrected chi connectivity index (χ4v) is 3.88. The maximum Gasteiger partial charge on any atom is 0.226 e. The van der Waals surface area contributed by atoms with Gasteiger partial charge in [-0.05, 0) is 49.4 Å². The molecule has 4 aromatic rings. The SMILES string of the molecule is Cc1nccn1-c1ccc(C(C)NC(=O)CCCc2nc(-c3cccs3)no2)cc1. The lowest BCUT2D eigenvalue weighted by molar-refractivity contribution is -0.121. The molecule has 3 heterocycles. The van der Waals surface area contributed by atoms with Crippen LogP contribution in [0.25, 0.3) is 16.4 Å². The van der Waals surface area contributed by atoms with Crippen molar-refractivity contribution >= 4 is 17.2 Å². The number of imidazole rings is 1. The highest BCUT2D eigenvalue weighted by molar-refractivity contribution is 7.13. The van der Waals surface area contributed by atoms with Crippen LogP contribution in [0.5, 0.6) is 0 Å². The second-order valence-electron chi connectivity index (χ2n) is 7.07. The first-order valence-corrected chi connectivity index (χ1v) is 10.7. The minimum absolute atomic E-state index is 0.00928. The van der Waals surface area contributed by atoms with Crippen molar-refractivity contribution in [3.63, 3.8) is 0 Å². The molecule has 0 saturated carbocycles. The van der Waals surface area contributed by atoms with Crippen molar-refractivity contribution in [2.45, 2.75) is 39.2 Å². The van der Waals surface area contributed by atoms with Gasteiger partial charge in [-0.25, -0.2) is 4.98 Å². The molecule has 4 rings (SSSR count). The second kappa shape index (κ2) is 9.04. The van der Waals surface area contributed by atoms with Gasteiger partial charge < -0.3 is 14.4 Å². The lowest BCUT2D eigenvalue weighted by Gasteiger charge is -2.15. The minimum Gasteiger partial charge on any atom is -0.350 e. The zero-order valence-electron chi connectivity index (χ0n) is 16.9. The Morgan fingerprint density at radius 3 is 2.80 bits per heavy atom. The van der Waals surface area contributed by atoms with Gasteiger partial charge in [0.1, 0.15) is 5.82 Å². The molecule has 0 aliphatic rings. The molecule has 1 N–H and O–H groups in total. The number of aryl methyl sites for hydroxylation is 2. The highest BCUT2D eigenvalue weighted by atomic mass is 32.1. The van der Waals surface area contributed by atoms with Crippen molar-refractivity contribution in [3.8, 4) is 16.4 Å². The smallest absolute Gasteiger partial charge is 0.226 e. The number of hydrogen-bond donors (Lipinski definition) is 1. The summed E-state index contributed by atoms with van der Waals surface area (Å²) in [5.74, 6) is 2.11. The summed E-state index contributed by atoms with van der Waals surface area (Å²) in [4.78, 5) is 21.9. The van der Waals surface area contributed by atoms with Gasteiger partial charge in [-0.15, -0.1) is 11.3 Å². The summed E-state index contributed by atoms with van der Waals surface area (Å²) >= 11 is 1.57. The van der Waals surface area contributed by atoms with Crippen molar-refractivity contribution in [2.24, 2.45) is 0 Å². The highest BCUT2D eigenvalue weighted by Gasteiger charge is 2.12. The fraction of sp³-hybridized carbons (Fsp3) is 0.273. The number of benzene rings is 1. The zero-order valence-corrected chi connectivity index (χ0v) is 17.7. The van der Waals surface area contributed by atoms with Crippen LogP contribution in [0.15, 0.2) is 58.7 Å². The first-order valence-electron chi connectivity index (χ1n) is 9.86. The standard InChI is InChI=1S/C22H23N5O2S/c1-15(17-8-10-18(11-9-17)27-13-12-23-16(27)2)24-20(28)6-3-7-21-25-22(26-29-21)19-5-4-14-30-19/h4-5,8-15H,3,6-7H2,1-2H3,(H,24,28). The Morgan fingerprint density at radius 1 is 1.27 bits per heavy atom. The molecule has 8 heteroatoms. The predicted octanol–water partition coefficient (Wildman–Crippen LogP) is 4.49. The molecule has 1 unspecified atom stereocenters. The van der Waals surface area contributed by atoms with Crippen LogP contribution in [0, 0.1) is 6.92 Å². The molecule has 7 nitrogen and oxygen atoms in total. The number of carbonyl (C=O) groups is 1. The van der Waals surface area contributed by atoms with Crippen LogP contribution in [-0.4, -0.2) is 25.6 Å². The Balaban J connectivity index is 1.25. The van der Waals surface area contributed by atoms with E-state index in [4.69, 9.17) is 4.52 Å². The molecule has 1 amide bonds. The topological polar surface area (TPSA) is 85.8 Å². The van der Waals surface area contributed by atoms with Gasteiger partial charge >= 0.3 is 0 Å². The molecular weight excluding hydrogens is 398 g/mol. The fourth-order valence-electron chi connectivity index (χ4n) is 3.23. The summed E-state index contributed by atoms with van der Waals surface area (Å²) in [6.45, 7) is 3.95. The molecule has 0 aliphatic heterocycles. The van der Waals surface area contributed by atoms with Crippen molar-refractivity contribution < 1.29 is 9.32 Å². The normalized spacial score (nSPS) is 12.1. The van der Waals surface area contributed by atoms with Crippen LogP contribution >= 0.6 is 11.3 Å². The average molecular weight is 422 g/mol. The van der Waals surface area contributed by atoms with Gasteiger partial charge in [-0.2, -0.15) is 4.98 Å². The van der Waals surface area contributed by atoms with Gasteiger partial charge in [-0.1, -0.05) is 23.4 Å². The van der Waals surface area contributed by atoms with Gasteiger partial charge in [0.15, 0.2) is 0 Å². The molecular formula is C22H23N5O2S. The molecule has 0 radical (unpaired) electrons.